The Bertz CT molecular complexity index is 803. The predicted octanol–water partition coefficient (Wildman–Crippen LogP) is 4.35. The van der Waals surface area contributed by atoms with Gasteiger partial charge < -0.3 is 9.67 Å². The van der Waals surface area contributed by atoms with E-state index in [-0.39, 0.29) is 17.9 Å². The minimum Gasteiger partial charge on any atom is -0.396 e. The summed E-state index contributed by atoms with van der Waals surface area (Å²) in [6, 6.07) is 10.2. The zero-order valence-corrected chi connectivity index (χ0v) is 15.0. The molecular weight excluding hydrogens is 344 g/mol. The molecule has 0 aliphatic heterocycles. The number of benzene rings is 1. The molecule has 5 nitrogen and oxygen atoms in total. The number of aliphatic hydroxyl groups is 1. The van der Waals surface area contributed by atoms with Crippen molar-refractivity contribution in [1.29, 1.82) is 0 Å². The van der Waals surface area contributed by atoms with Crippen molar-refractivity contribution in [2.75, 3.05) is 6.61 Å². The second-order valence-corrected chi connectivity index (χ2v) is 6.89. The van der Waals surface area contributed by atoms with E-state index in [1.165, 1.54) is 11.8 Å². The minimum atomic E-state index is 0.134. The van der Waals surface area contributed by atoms with Gasteiger partial charge in [-0.05, 0) is 36.6 Å². The van der Waals surface area contributed by atoms with Gasteiger partial charge in [0.2, 0.25) is 5.28 Å². The summed E-state index contributed by atoms with van der Waals surface area (Å²) >= 11 is 7.67. The van der Waals surface area contributed by atoms with E-state index < -0.39 is 0 Å². The molecule has 0 saturated carbocycles. The monoisotopic (exact) mass is 362 g/mol. The third-order valence-electron chi connectivity index (χ3n) is 3.80. The van der Waals surface area contributed by atoms with Crippen LogP contribution in [0.15, 0.2) is 46.6 Å². The number of imidazole rings is 1. The molecule has 0 aliphatic rings. The number of aromatic nitrogens is 4. The average molecular weight is 363 g/mol. The summed E-state index contributed by atoms with van der Waals surface area (Å²) in [4.78, 5) is 14.3. The van der Waals surface area contributed by atoms with E-state index in [0.717, 1.165) is 33.9 Å². The Hall–Kier alpha value is -1.63. The highest BCUT2D eigenvalue weighted by molar-refractivity contribution is 7.99. The van der Waals surface area contributed by atoms with Crippen LogP contribution < -0.4 is 0 Å². The van der Waals surface area contributed by atoms with Crippen LogP contribution in [0.3, 0.4) is 0 Å². The largest absolute Gasteiger partial charge is 0.396 e. The number of fused-ring (bicyclic) bond motifs is 1. The Morgan fingerprint density at radius 2 is 2.00 bits per heavy atom. The molecule has 2 heterocycles. The third-order valence-corrected chi connectivity index (χ3v) is 4.95. The minimum absolute atomic E-state index is 0.134. The lowest BCUT2D eigenvalue weighted by Crippen LogP contribution is -2.10. The molecule has 1 atom stereocenters. The highest BCUT2D eigenvalue weighted by atomic mass is 35.5. The molecule has 0 bridgehead atoms. The van der Waals surface area contributed by atoms with Crippen LogP contribution >= 0.6 is 23.4 Å². The first-order valence-electron chi connectivity index (χ1n) is 7.96. The van der Waals surface area contributed by atoms with Crippen molar-refractivity contribution < 1.29 is 5.11 Å². The van der Waals surface area contributed by atoms with Gasteiger partial charge in [-0.2, -0.15) is 4.98 Å². The molecule has 3 rings (SSSR count). The third kappa shape index (κ3) is 3.71. The molecule has 0 fully saturated rings. The molecule has 126 valence electrons. The Morgan fingerprint density at radius 1 is 1.21 bits per heavy atom. The Morgan fingerprint density at radius 3 is 2.71 bits per heavy atom. The molecule has 7 heteroatoms. The van der Waals surface area contributed by atoms with Crippen molar-refractivity contribution in [2.24, 2.45) is 0 Å². The first-order valence-corrected chi connectivity index (χ1v) is 9.16. The molecule has 0 amide bonds. The summed E-state index contributed by atoms with van der Waals surface area (Å²) in [5, 5.41) is 10.3. The summed E-state index contributed by atoms with van der Waals surface area (Å²) in [6.45, 7) is 2.26. The van der Waals surface area contributed by atoms with Crippen LogP contribution in [0.5, 0.6) is 0 Å². The summed E-state index contributed by atoms with van der Waals surface area (Å²) in [6.07, 6.45) is 4.42. The van der Waals surface area contributed by atoms with Crippen LogP contribution in [0.1, 0.15) is 32.2 Å². The highest BCUT2D eigenvalue weighted by Crippen LogP contribution is 2.33. The zero-order chi connectivity index (χ0) is 16.9. The SMILES string of the molecule is CCC[C@@H](CCO)n1cnc2c(Sc3ccccc3)nc(Cl)nc21. The number of nitrogens with zero attached hydrogens (tertiary/aromatic N) is 4. The maximum absolute atomic E-state index is 9.34. The van der Waals surface area contributed by atoms with Gasteiger partial charge in [0.15, 0.2) is 5.65 Å². The normalized spacial score (nSPS) is 12.6. The maximum atomic E-state index is 9.34. The predicted molar refractivity (Wildman–Crippen MR) is 96.5 cm³/mol. The van der Waals surface area contributed by atoms with Gasteiger partial charge in [0.1, 0.15) is 10.5 Å². The second kappa shape index (κ2) is 7.96. The smallest absolute Gasteiger partial charge is 0.225 e. The molecule has 0 aliphatic carbocycles. The fourth-order valence-electron chi connectivity index (χ4n) is 2.71. The molecule has 0 spiro atoms. The number of aliphatic hydroxyl groups excluding tert-OH is 1. The van der Waals surface area contributed by atoms with E-state index in [0.29, 0.717) is 6.42 Å². The van der Waals surface area contributed by atoms with Crippen molar-refractivity contribution in [1.82, 2.24) is 19.5 Å². The molecule has 1 aromatic carbocycles. The lowest BCUT2D eigenvalue weighted by atomic mass is 10.1. The van der Waals surface area contributed by atoms with Gasteiger partial charge in [-0.1, -0.05) is 43.3 Å². The Balaban J connectivity index is 2.03. The van der Waals surface area contributed by atoms with Crippen molar-refractivity contribution in [3.63, 3.8) is 0 Å². The summed E-state index contributed by atoms with van der Waals surface area (Å²) in [7, 11) is 0. The van der Waals surface area contributed by atoms with Crippen LogP contribution in [0.2, 0.25) is 5.28 Å². The summed E-state index contributed by atoms with van der Waals surface area (Å²) < 4.78 is 2.01. The molecule has 0 saturated heterocycles. The summed E-state index contributed by atoms with van der Waals surface area (Å²) in [5.41, 5.74) is 1.47. The highest BCUT2D eigenvalue weighted by Gasteiger charge is 2.18. The van der Waals surface area contributed by atoms with Crippen molar-refractivity contribution in [2.45, 2.75) is 42.1 Å². The first kappa shape index (κ1) is 17.2. The van der Waals surface area contributed by atoms with E-state index in [1.54, 1.807) is 6.33 Å². The lowest BCUT2D eigenvalue weighted by Gasteiger charge is -2.17. The molecule has 3 aromatic rings. The van der Waals surface area contributed by atoms with Gasteiger partial charge in [0.05, 0.1) is 6.33 Å². The lowest BCUT2D eigenvalue weighted by molar-refractivity contribution is 0.253. The molecule has 0 radical (unpaired) electrons. The Kier molecular flexibility index (Phi) is 5.71. The topological polar surface area (TPSA) is 63.8 Å². The zero-order valence-electron chi connectivity index (χ0n) is 13.4. The fraction of sp³-hybridized carbons (Fsp3) is 0.353. The van der Waals surface area contributed by atoms with Crippen molar-refractivity contribution in [3.8, 4) is 0 Å². The number of halogens is 1. The van der Waals surface area contributed by atoms with Crippen LogP contribution in [-0.4, -0.2) is 31.2 Å². The maximum Gasteiger partial charge on any atom is 0.225 e. The van der Waals surface area contributed by atoms with Crippen molar-refractivity contribution in [3.05, 3.63) is 41.9 Å². The van der Waals surface area contributed by atoms with Gasteiger partial charge in [0, 0.05) is 17.5 Å². The Labute approximate surface area is 150 Å². The number of rotatable bonds is 7. The molecule has 1 N–H and O–H groups in total. The standard InChI is InChI=1S/C17H19ClN4OS/c1-2-6-12(9-10-23)22-11-19-14-15(22)20-17(18)21-16(14)24-13-7-4-3-5-8-13/h3-5,7-8,11-12,23H,2,6,9-10H2,1H3/t12-/m0/s1. The van der Waals surface area contributed by atoms with E-state index >= 15 is 0 Å². The van der Waals surface area contributed by atoms with Gasteiger partial charge in [0.25, 0.3) is 0 Å². The molecule has 0 unspecified atom stereocenters. The van der Waals surface area contributed by atoms with Crippen LogP contribution in [0.4, 0.5) is 0 Å². The van der Waals surface area contributed by atoms with Crippen LogP contribution in [-0.2, 0) is 0 Å². The quantitative estimate of drug-likeness (QED) is 0.500. The average Bonchev–Trinajstić information content (AvgIpc) is 2.99. The molecular formula is C17H19ClN4OS. The van der Waals surface area contributed by atoms with Gasteiger partial charge in [-0.15, -0.1) is 0 Å². The van der Waals surface area contributed by atoms with Gasteiger partial charge in [-0.3, -0.25) is 0 Å². The van der Waals surface area contributed by atoms with Crippen molar-refractivity contribution >= 4 is 34.5 Å². The van der Waals surface area contributed by atoms with E-state index in [4.69, 9.17) is 11.6 Å². The van der Waals surface area contributed by atoms with Crippen LogP contribution in [0, 0.1) is 0 Å². The van der Waals surface area contributed by atoms with E-state index in [9.17, 15) is 5.11 Å². The summed E-state index contributed by atoms with van der Waals surface area (Å²) in [5.74, 6) is 0. The van der Waals surface area contributed by atoms with Gasteiger partial charge in [-0.25, -0.2) is 9.97 Å². The second-order valence-electron chi connectivity index (χ2n) is 5.49. The molecule has 24 heavy (non-hydrogen) atoms. The van der Waals surface area contributed by atoms with E-state index in [2.05, 4.69) is 21.9 Å². The van der Waals surface area contributed by atoms with Crippen LogP contribution in [0.25, 0.3) is 11.2 Å². The number of hydrogen-bond acceptors (Lipinski definition) is 5. The first-order chi connectivity index (χ1) is 11.7. The van der Waals surface area contributed by atoms with Gasteiger partial charge >= 0.3 is 0 Å². The fourth-order valence-corrected chi connectivity index (χ4v) is 3.81. The number of hydrogen-bond donors (Lipinski definition) is 1. The molecule has 2 aromatic heterocycles. The van der Waals surface area contributed by atoms with E-state index in [1.807, 2.05) is 34.9 Å².